The maximum Gasteiger partial charge on any atom is 0.226 e. The van der Waals surface area contributed by atoms with Gasteiger partial charge in [-0.3, -0.25) is 4.79 Å². The number of rotatable bonds is 4. The molecule has 0 aliphatic rings. The minimum atomic E-state index is -0.0178. The third kappa shape index (κ3) is 2.97. The highest BCUT2D eigenvalue weighted by atomic mass is 16.3. The Kier molecular flexibility index (Phi) is 3.48. The van der Waals surface area contributed by atoms with Gasteiger partial charge in [-0.05, 0) is 38.1 Å². The fourth-order valence-corrected chi connectivity index (χ4v) is 2.37. The number of carbonyl (C=O) groups excluding carboxylic acids is 1. The number of hydrogen-bond donors (Lipinski definition) is 1. The number of hydrogen-bond acceptors (Lipinski definition) is 3. The first-order chi connectivity index (χ1) is 10.1. The van der Waals surface area contributed by atoms with Gasteiger partial charge in [0, 0.05) is 35.9 Å². The number of carbonyl (C=O) groups is 1. The number of fused-ring (bicyclic) bond motifs is 1. The molecule has 1 atom stereocenters. The van der Waals surface area contributed by atoms with Crippen molar-refractivity contribution in [1.29, 1.82) is 0 Å². The molecule has 1 aromatic carbocycles. The second-order valence-corrected chi connectivity index (χ2v) is 5.22. The molecule has 0 spiro atoms. The molecule has 1 N–H and O–H groups in total. The minimum Gasteiger partial charge on any atom is -0.461 e. The molecule has 0 saturated carbocycles. The van der Waals surface area contributed by atoms with Gasteiger partial charge < -0.3 is 14.3 Å². The van der Waals surface area contributed by atoms with E-state index < -0.39 is 0 Å². The van der Waals surface area contributed by atoms with E-state index in [0.29, 0.717) is 6.42 Å². The smallest absolute Gasteiger partial charge is 0.226 e. The second-order valence-electron chi connectivity index (χ2n) is 5.22. The van der Waals surface area contributed by atoms with E-state index in [1.54, 1.807) is 12.5 Å². The third-order valence-electron chi connectivity index (χ3n) is 3.44. The molecule has 2 aromatic heterocycles. The van der Waals surface area contributed by atoms with Crippen molar-refractivity contribution < 1.29 is 9.21 Å². The van der Waals surface area contributed by atoms with Gasteiger partial charge in [0.1, 0.15) is 11.3 Å². The Labute approximate surface area is 122 Å². The average molecular weight is 283 g/mol. The lowest BCUT2D eigenvalue weighted by Gasteiger charge is -2.12. The van der Waals surface area contributed by atoms with Crippen LogP contribution in [0.3, 0.4) is 0 Å². The molecule has 1 amide bonds. The summed E-state index contributed by atoms with van der Waals surface area (Å²) in [5.41, 5.74) is 1.61. The fraction of sp³-hybridized carbons (Fsp3) is 0.250. The van der Waals surface area contributed by atoms with E-state index in [4.69, 9.17) is 4.42 Å². The molecule has 5 nitrogen and oxygen atoms in total. The van der Waals surface area contributed by atoms with Crippen LogP contribution in [-0.4, -0.2) is 15.5 Å². The summed E-state index contributed by atoms with van der Waals surface area (Å²) in [4.78, 5) is 16.1. The van der Waals surface area contributed by atoms with Crippen LogP contribution in [0, 0.1) is 6.92 Å². The summed E-state index contributed by atoms with van der Waals surface area (Å²) in [5.74, 6) is 0.845. The SMILES string of the molecule is Cc1cc2cc(NC(=O)CC(C)n3ccnc3)ccc2o1. The first-order valence-electron chi connectivity index (χ1n) is 6.89. The van der Waals surface area contributed by atoms with Crippen LogP contribution in [0.2, 0.25) is 0 Å². The summed E-state index contributed by atoms with van der Waals surface area (Å²) in [6, 6.07) is 7.68. The van der Waals surface area contributed by atoms with Crippen LogP contribution >= 0.6 is 0 Å². The van der Waals surface area contributed by atoms with Crippen LogP contribution < -0.4 is 5.32 Å². The van der Waals surface area contributed by atoms with Crippen LogP contribution in [-0.2, 0) is 4.79 Å². The van der Waals surface area contributed by atoms with Crippen molar-refractivity contribution in [3.63, 3.8) is 0 Å². The van der Waals surface area contributed by atoms with Crippen molar-refractivity contribution in [1.82, 2.24) is 9.55 Å². The van der Waals surface area contributed by atoms with Crippen LogP contribution in [0.4, 0.5) is 5.69 Å². The zero-order valence-electron chi connectivity index (χ0n) is 12.0. The number of benzene rings is 1. The number of aromatic nitrogens is 2. The molecular formula is C16H17N3O2. The lowest BCUT2D eigenvalue weighted by Crippen LogP contribution is -2.16. The minimum absolute atomic E-state index is 0.0178. The Balaban J connectivity index is 1.68. The fourth-order valence-electron chi connectivity index (χ4n) is 2.37. The number of nitrogens with zero attached hydrogens (tertiary/aromatic N) is 2. The summed E-state index contributed by atoms with van der Waals surface area (Å²) < 4.78 is 7.44. The predicted octanol–water partition coefficient (Wildman–Crippen LogP) is 3.53. The highest BCUT2D eigenvalue weighted by molar-refractivity contribution is 5.93. The number of aryl methyl sites for hydroxylation is 1. The van der Waals surface area contributed by atoms with Crippen molar-refractivity contribution >= 4 is 22.6 Å². The van der Waals surface area contributed by atoms with Gasteiger partial charge in [-0.15, -0.1) is 0 Å². The van der Waals surface area contributed by atoms with E-state index in [1.165, 1.54) is 0 Å². The molecule has 3 rings (SSSR count). The van der Waals surface area contributed by atoms with Crippen molar-refractivity contribution in [2.75, 3.05) is 5.32 Å². The van der Waals surface area contributed by atoms with Crippen molar-refractivity contribution in [3.05, 3.63) is 48.7 Å². The molecule has 0 radical (unpaired) electrons. The third-order valence-corrected chi connectivity index (χ3v) is 3.44. The van der Waals surface area contributed by atoms with E-state index in [2.05, 4.69) is 10.3 Å². The normalized spacial score (nSPS) is 12.5. The summed E-state index contributed by atoms with van der Waals surface area (Å²) >= 11 is 0. The summed E-state index contributed by atoms with van der Waals surface area (Å²) in [7, 11) is 0. The molecule has 0 aliphatic carbocycles. The zero-order chi connectivity index (χ0) is 14.8. The largest absolute Gasteiger partial charge is 0.461 e. The standard InChI is InChI=1S/C16H17N3O2/c1-11(19-6-5-17-10-19)7-16(20)18-14-3-4-15-13(9-14)8-12(2)21-15/h3-6,8-11H,7H2,1-2H3,(H,18,20). The zero-order valence-corrected chi connectivity index (χ0v) is 12.0. The Bertz CT molecular complexity index is 759. The van der Waals surface area contributed by atoms with Gasteiger partial charge in [-0.25, -0.2) is 4.98 Å². The lowest BCUT2D eigenvalue weighted by atomic mass is 10.2. The molecule has 0 saturated heterocycles. The Morgan fingerprint density at radius 3 is 3.05 bits per heavy atom. The van der Waals surface area contributed by atoms with Crippen molar-refractivity contribution in [2.45, 2.75) is 26.3 Å². The van der Waals surface area contributed by atoms with Crippen LogP contribution in [0.25, 0.3) is 11.0 Å². The molecule has 0 bridgehead atoms. The van der Waals surface area contributed by atoms with E-state index in [-0.39, 0.29) is 11.9 Å². The molecule has 21 heavy (non-hydrogen) atoms. The second kappa shape index (κ2) is 5.44. The predicted molar refractivity (Wildman–Crippen MR) is 81.1 cm³/mol. The number of anilines is 1. The molecule has 0 fully saturated rings. The Hall–Kier alpha value is -2.56. The maximum atomic E-state index is 12.1. The highest BCUT2D eigenvalue weighted by Gasteiger charge is 2.11. The molecule has 5 heteroatoms. The highest BCUT2D eigenvalue weighted by Crippen LogP contribution is 2.23. The van der Waals surface area contributed by atoms with Gasteiger partial charge in [0.05, 0.1) is 6.33 Å². The van der Waals surface area contributed by atoms with E-state index in [9.17, 15) is 4.79 Å². The number of nitrogens with one attached hydrogen (secondary N) is 1. The van der Waals surface area contributed by atoms with E-state index in [1.807, 2.05) is 48.9 Å². The van der Waals surface area contributed by atoms with Crippen LogP contribution in [0.5, 0.6) is 0 Å². The van der Waals surface area contributed by atoms with Gasteiger partial charge in [-0.1, -0.05) is 0 Å². The van der Waals surface area contributed by atoms with Crippen molar-refractivity contribution in [2.24, 2.45) is 0 Å². The molecule has 3 aromatic rings. The number of furan rings is 1. The summed E-state index contributed by atoms with van der Waals surface area (Å²) in [5, 5.41) is 3.92. The van der Waals surface area contributed by atoms with Crippen molar-refractivity contribution in [3.8, 4) is 0 Å². The Morgan fingerprint density at radius 1 is 1.43 bits per heavy atom. The van der Waals surface area contributed by atoms with Gasteiger partial charge >= 0.3 is 0 Å². The average Bonchev–Trinajstić information content (AvgIpc) is 3.05. The summed E-state index contributed by atoms with van der Waals surface area (Å²) in [6.45, 7) is 3.90. The number of imidazole rings is 1. The summed E-state index contributed by atoms with van der Waals surface area (Å²) in [6.07, 6.45) is 5.69. The first-order valence-corrected chi connectivity index (χ1v) is 6.89. The van der Waals surface area contributed by atoms with Gasteiger partial charge in [-0.2, -0.15) is 0 Å². The van der Waals surface area contributed by atoms with Gasteiger partial charge in [0.15, 0.2) is 0 Å². The first kappa shape index (κ1) is 13.4. The van der Waals surface area contributed by atoms with Crippen LogP contribution in [0.1, 0.15) is 25.1 Å². The van der Waals surface area contributed by atoms with Crippen LogP contribution in [0.15, 0.2) is 47.4 Å². The molecular weight excluding hydrogens is 266 g/mol. The molecule has 1 unspecified atom stereocenters. The topological polar surface area (TPSA) is 60.1 Å². The Morgan fingerprint density at radius 2 is 2.29 bits per heavy atom. The quantitative estimate of drug-likeness (QED) is 0.796. The lowest BCUT2D eigenvalue weighted by molar-refractivity contribution is -0.116. The maximum absolute atomic E-state index is 12.1. The molecule has 0 aliphatic heterocycles. The molecule has 2 heterocycles. The van der Waals surface area contributed by atoms with E-state index >= 15 is 0 Å². The monoisotopic (exact) mass is 283 g/mol. The van der Waals surface area contributed by atoms with E-state index in [0.717, 1.165) is 22.4 Å². The molecule has 108 valence electrons. The van der Waals surface area contributed by atoms with Gasteiger partial charge in [0.25, 0.3) is 0 Å². The van der Waals surface area contributed by atoms with Gasteiger partial charge in [0.2, 0.25) is 5.91 Å². The number of amides is 1.